The maximum absolute atomic E-state index is 10.0. The molecule has 6 rings (SSSR count). The predicted octanol–water partition coefficient (Wildman–Crippen LogP) is 3.80. The van der Waals surface area contributed by atoms with E-state index in [0.29, 0.717) is 13.2 Å². The number of aromatic nitrogens is 3. The second-order valence-electron chi connectivity index (χ2n) is 8.02. The van der Waals surface area contributed by atoms with Gasteiger partial charge in [-0.2, -0.15) is 0 Å². The van der Waals surface area contributed by atoms with Gasteiger partial charge in [0.2, 0.25) is 6.41 Å². The number of halogens is 1. The molecule has 1 fully saturated rings. The first-order valence-electron chi connectivity index (χ1n) is 11.5. The van der Waals surface area contributed by atoms with Crippen LogP contribution >= 0.6 is 22.9 Å². The molecule has 1 saturated heterocycles. The van der Waals surface area contributed by atoms with Gasteiger partial charge in [0.15, 0.2) is 5.82 Å². The molecule has 0 spiro atoms. The van der Waals surface area contributed by atoms with Gasteiger partial charge >= 0.3 is 0 Å². The monoisotopic (exact) mass is 487 g/mol. The topological polar surface area (TPSA) is 72.3 Å². The lowest BCUT2D eigenvalue weighted by atomic mass is 10.1. The van der Waals surface area contributed by atoms with Crippen molar-refractivity contribution in [3.05, 3.63) is 63.0 Å². The van der Waals surface area contributed by atoms with Crippen LogP contribution in [0, 0.1) is 0 Å². The molecule has 3 aliphatic rings. The Labute approximate surface area is 203 Å². The summed E-state index contributed by atoms with van der Waals surface area (Å²) in [6.45, 7) is 6.85. The molecule has 2 aliphatic heterocycles. The summed E-state index contributed by atoms with van der Waals surface area (Å²) in [7, 11) is 0. The summed E-state index contributed by atoms with van der Waals surface area (Å²) in [5.41, 5.74) is 3.10. The lowest BCUT2D eigenvalue weighted by Gasteiger charge is -2.21. The molecule has 4 heterocycles. The minimum absolute atomic E-state index is 0.693. The largest absolute Gasteiger partial charge is 0.378 e. The molecule has 7 nitrogen and oxygen atoms in total. The van der Waals surface area contributed by atoms with Crippen molar-refractivity contribution in [2.75, 3.05) is 26.3 Å². The number of rotatable bonds is 2. The number of carbonyl (C=O) groups excluding carboxylic acids is 1. The minimum atomic E-state index is 0.693. The summed E-state index contributed by atoms with van der Waals surface area (Å²) >= 11 is 7.50. The number of ether oxygens (including phenoxy) is 1. The van der Waals surface area contributed by atoms with Crippen molar-refractivity contribution in [1.29, 1.82) is 0 Å². The molecular weight excluding hydrogens is 458 g/mol. The number of aryl methyl sites for hydroxylation is 2. The number of nitrogens with zero attached hydrogens (tertiary/aromatic N) is 4. The highest BCUT2D eigenvalue weighted by atomic mass is 35.5. The highest BCUT2D eigenvalue weighted by molar-refractivity contribution is 7.15. The van der Waals surface area contributed by atoms with Gasteiger partial charge in [-0.1, -0.05) is 36.7 Å². The van der Waals surface area contributed by atoms with Crippen molar-refractivity contribution in [3.63, 3.8) is 0 Å². The zero-order valence-electron chi connectivity index (χ0n) is 18.9. The van der Waals surface area contributed by atoms with E-state index in [9.17, 15) is 4.79 Å². The average Bonchev–Trinajstić information content (AvgIpc) is 3.54. The van der Waals surface area contributed by atoms with Gasteiger partial charge in [-0.3, -0.25) is 9.36 Å². The second-order valence-corrected chi connectivity index (χ2v) is 9.54. The first kappa shape index (κ1) is 23.9. The third kappa shape index (κ3) is 5.81. The van der Waals surface area contributed by atoms with Gasteiger partial charge in [0, 0.05) is 41.5 Å². The van der Waals surface area contributed by atoms with Gasteiger partial charge in [-0.05, 0) is 37.0 Å². The standard InChI is InChI=1S/C13H16N4S.C6H5Cl.C5H9NO2/c1-2-11-15-16-12-7-14-6-9-8-4-3-5-10(8)18-13(9)17(11)12;7-6-4-2-1-3-5-6;7-5-6-1-3-8-4-2-6/h14H,2-7H2,1H3;1-5H;5H,1-4H2. The molecule has 33 heavy (non-hydrogen) atoms. The summed E-state index contributed by atoms with van der Waals surface area (Å²) in [4.78, 5) is 13.3. The Bertz CT molecular complexity index is 1050. The van der Waals surface area contributed by atoms with Crippen molar-refractivity contribution in [2.24, 2.45) is 0 Å². The molecule has 0 saturated carbocycles. The molecule has 0 atom stereocenters. The predicted molar refractivity (Wildman–Crippen MR) is 131 cm³/mol. The number of nitrogens with one attached hydrogen (secondary N) is 1. The number of carbonyl (C=O) groups is 1. The minimum Gasteiger partial charge on any atom is -0.378 e. The molecule has 176 valence electrons. The van der Waals surface area contributed by atoms with Crippen LogP contribution in [-0.4, -0.2) is 52.4 Å². The molecule has 3 aromatic rings. The summed E-state index contributed by atoms with van der Waals surface area (Å²) in [6, 6.07) is 9.44. The Balaban J connectivity index is 0.000000143. The Kier molecular flexibility index (Phi) is 8.50. The molecule has 0 bridgehead atoms. The molecule has 9 heteroatoms. The third-order valence-electron chi connectivity index (χ3n) is 5.84. The summed E-state index contributed by atoms with van der Waals surface area (Å²) in [5, 5.41) is 14.3. The van der Waals surface area contributed by atoms with Gasteiger partial charge in [-0.25, -0.2) is 0 Å². The van der Waals surface area contributed by atoms with E-state index in [1.807, 2.05) is 41.7 Å². The van der Waals surface area contributed by atoms with Gasteiger partial charge < -0.3 is 15.0 Å². The summed E-state index contributed by atoms with van der Waals surface area (Å²) in [6.07, 6.45) is 5.63. The van der Waals surface area contributed by atoms with E-state index in [2.05, 4.69) is 27.0 Å². The third-order valence-corrected chi connectivity index (χ3v) is 7.41. The van der Waals surface area contributed by atoms with Gasteiger partial charge in [0.25, 0.3) is 0 Å². The molecular formula is C24H30ClN5O2S. The van der Waals surface area contributed by atoms with Crippen LogP contribution in [0.25, 0.3) is 5.00 Å². The van der Waals surface area contributed by atoms with E-state index in [1.165, 1.54) is 29.8 Å². The number of hydrogen-bond acceptors (Lipinski definition) is 6. The SMILES string of the molecule is CCc1nnc2n1-c1sc3c(c1CNC2)CCC3.Clc1ccccc1.O=CN1CCOCC1. The molecule has 0 unspecified atom stereocenters. The van der Waals surface area contributed by atoms with E-state index in [0.717, 1.165) is 55.7 Å². The van der Waals surface area contributed by atoms with Crippen LogP contribution < -0.4 is 5.32 Å². The van der Waals surface area contributed by atoms with Crippen LogP contribution in [0.5, 0.6) is 0 Å². The smallest absolute Gasteiger partial charge is 0.209 e. The zero-order chi connectivity index (χ0) is 23.0. The van der Waals surface area contributed by atoms with Gasteiger partial charge in [0.05, 0.1) is 19.8 Å². The second kappa shape index (κ2) is 11.7. The fourth-order valence-corrected chi connectivity index (χ4v) is 5.74. The van der Waals surface area contributed by atoms with Crippen LogP contribution in [0.3, 0.4) is 0 Å². The molecule has 1 aliphatic carbocycles. The van der Waals surface area contributed by atoms with Crippen molar-refractivity contribution >= 4 is 29.3 Å². The molecule has 1 N–H and O–H groups in total. The summed E-state index contributed by atoms with van der Waals surface area (Å²) in [5.74, 6) is 2.15. The number of hydrogen-bond donors (Lipinski definition) is 1. The summed E-state index contributed by atoms with van der Waals surface area (Å²) < 4.78 is 7.29. The molecule has 1 aromatic carbocycles. The first-order chi connectivity index (χ1) is 16.2. The molecule has 2 aromatic heterocycles. The number of thiophene rings is 1. The number of fused-ring (bicyclic) bond motifs is 5. The molecule has 1 amide bonds. The molecule has 0 radical (unpaired) electrons. The lowest BCUT2D eigenvalue weighted by molar-refractivity contribution is -0.121. The highest BCUT2D eigenvalue weighted by Gasteiger charge is 2.27. The maximum atomic E-state index is 10.0. The lowest BCUT2D eigenvalue weighted by Crippen LogP contribution is -2.34. The maximum Gasteiger partial charge on any atom is 0.209 e. The van der Waals surface area contributed by atoms with Crippen molar-refractivity contribution in [1.82, 2.24) is 25.0 Å². The Morgan fingerprint density at radius 1 is 1.12 bits per heavy atom. The van der Waals surface area contributed by atoms with E-state index in [-0.39, 0.29) is 0 Å². The van der Waals surface area contributed by atoms with Gasteiger partial charge in [0.1, 0.15) is 10.8 Å². The van der Waals surface area contributed by atoms with Crippen molar-refractivity contribution in [2.45, 2.75) is 45.7 Å². The van der Waals surface area contributed by atoms with Crippen LogP contribution in [0.1, 0.15) is 41.0 Å². The van der Waals surface area contributed by atoms with Crippen LogP contribution in [-0.2, 0) is 41.9 Å². The van der Waals surface area contributed by atoms with Gasteiger partial charge in [-0.15, -0.1) is 21.5 Å². The Morgan fingerprint density at radius 3 is 2.55 bits per heavy atom. The van der Waals surface area contributed by atoms with E-state index >= 15 is 0 Å². The Morgan fingerprint density at radius 2 is 1.91 bits per heavy atom. The van der Waals surface area contributed by atoms with Crippen LogP contribution in [0.15, 0.2) is 30.3 Å². The van der Waals surface area contributed by atoms with E-state index in [4.69, 9.17) is 16.3 Å². The van der Waals surface area contributed by atoms with E-state index < -0.39 is 0 Å². The quantitative estimate of drug-likeness (QED) is 0.557. The van der Waals surface area contributed by atoms with E-state index in [1.54, 1.807) is 15.3 Å². The van der Waals surface area contributed by atoms with Crippen LogP contribution in [0.4, 0.5) is 0 Å². The number of benzene rings is 1. The normalized spacial score (nSPS) is 16.2. The average molecular weight is 488 g/mol. The fraction of sp³-hybridized carbons (Fsp3) is 0.458. The first-order valence-corrected chi connectivity index (χ1v) is 12.7. The number of morpholine rings is 1. The highest BCUT2D eigenvalue weighted by Crippen LogP contribution is 2.39. The Hall–Kier alpha value is -2.26. The fourth-order valence-electron chi connectivity index (χ4n) is 4.15. The van der Waals surface area contributed by atoms with Crippen molar-refractivity contribution < 1.29 is 9.53 Å². The zero-order valence-corrected chi connectivity index (χ0v) is 20.5. The van der Waals surface area contributed by atoms with Crippen molar-refractivity contribution in [3.8, 4) is 5.00 Å². The number of amides is 1. The van der Waals surface area contributed by atoms with Crippen LogP contribution in [0.2, 0.25) is 5.02 Å².